The van der Waals surface area contributed by atoms with E-state index in [0.717, 1.165) is 24.8 Å². The van der Waals surface area contributed by atoms with Crippen molar-refractivity contribution in [1.29, 1.82) is 0 Å². The largest absolute Gasteiger partial charge is 0.294 e. The molecule has 1 aromatic rings. The van der Waals surface area contributed by atoms with Crippen LogP contribution in [0.5, 0.6) is 0 Å². The Hall–Kier alpha value is -1.89. The van der Waals surface area contributed by atoms with E-state index in [1.165, 1.54) is 17.6 Å². The molecule has 1 heteroatoms. The Labute approximate surface area is 114 Å². The highest BCUT2D eigenvalue weighted by atomic mass is 16.1. The standard InChI is InChI=1S/C18H18O/c19-18(15-10-2-1-3-11-15)17-13-7-6-12-16(17)14-8-4-5-9-14/h1-5,8-11,17H,6-7,12-13H2. The molecule has 19 heavy (non-hydrogen) atoms. The van der Waals surface area contributed by atoms with E-state index in [-0.39, 0.29) is 11.7 Å². The number of carbonyl (C=O) groups excluding carboxylic acids is 1. The van der Waals surface area contributed by atoms with Crippen LogP contribution in [0.1, 0.15) is 36.0 Å². The monoisotopic (exact) mass is 250 g/mol. The molecule has 0 radical (unpaired) electrons. The Balaban J connectivity index is 1.93. The molecule has 0 amide bonds. The van der Waals surface area contributed by atoms with Gasteiger partial charge in [-0.3, -0.25) is 4.79 Å². The zero-order valence-corrected chi connectivity index (χ0v) is 11.0. The maximum absolute atomic E-state index is 12.7. The first kappa shape index (κ1) is 12.2. The molecular formula is C18H18O. The topological polar surface area (TPSA) is 17.1 Å². The van der Waals surface area contributed by atoms with Crippen molar-refractivity contribution < 1.29 is 4.79 Å². The number of benzene rings is 1. The predicted molar refractivity (Wildman–Crippen MR) is 78.0 cm³/mol. The molecule has 1 fully saturated rings. The molecule has 1 atom stereocenters. The maximum Gasteiger partial charge on any atom is 0.169 e. The van der Waals surface area contributed by atoms with Crippen LogP contribution in [0.3, 0.4) is 0 Å². The van der Waals surface area contributed by atoms with Crippen molar-refractivity contribution in [1.82, 2.24) is 0 Å². The van der Waals surface area contributed by atoms with Crippen molar-refractivity contribution >= 4 is 5.78 Å². The van der Waals surface area contributed by atoms with Crippen LogP contribution in [0.4, 0.5) is 0 Å². The highest BCUT2D eigenvalue weighted by Gasteiger charge is 2.28. The molecule has 3 rings (SSSR count). The van der Waals surface area contributed by atoms with E-state index in [0.29, 0.717) is 0 Å². The van der Waals surface area contributed by atoms with Crippen molar-refractivity contribution in [3.05, 3.63) is 71.3 Å². The minimum Gasteiger partial charge on any atom is -0.294 e. The first-order valence-electron chi connectivity index (χ1n) is 7.03. The summed E-state index contributed by atoms with van der Waals surface area (Å²) in [7, 11) is 0. The van der Waals surface area contributed by atoms with Gasteiger partial charge >= 0.3 is 0 Å². The van der Waals surface area contributed by atoms with Crippen molar-refractivity contribution in [3.8, 4) is 0 Å². The first-order valence-corrected chi connectivity index (χ1v) is 7.03. The van der Waals surface area contributed by atoms with Gasteiger partial charge in [-0.15, -0.1) is 0 Å². The maximum atomic E-state index is 12.7. The van der Waals surface area contributed by atoms with E-state index in [2.05, 4.69) is 24.3 Å². The molecular weight excluding hydrogens is 232 g/mol. The van der Waals surface area contributed by atoms with Gasteiger partial charge in [0, 0.05) is 11.5 Å². The van der Waals surface area contributed by atoms with Crippen LogP contribution in [-0.4, -0.2) is 5.78 Å². The van der Waals surface area contributed by atoms with Crippen molar-refractivity contribution in [2.24, 2.45) is 5.92 Å². The molecule has 2 aliphatic rings. The van der Waals surface area contributed by atoms with E-state index in [9.17, 15) is 4.79 Å². The third kappa shape index (κ3) is 2.46. The highest BCUT2D eigenvalue weighted by molar-refractivity contribution is 5.99. The van der Waals surface area contributed by atoms with Gasteiger partial charge in [0.05, 0.1) is 0 Å². The number of ketones is 1. The van der Waals surface area contributed by atoms with Crippen LogP contribution >= 0.6 is 0 Å². The molecule has 1 aromatic carbocycles. The summed E-state index contributed by atoms with van der Waals surface area (Å²) in [6, 6.07) is 9.70. The molecule has 2 aliphatic carbocycles. The smallest absolute Gasteiger partial charge is 0.169 e. The van der Waals surface area contributed by atoms with Gasteiger partial charge in [0.2, 0.25) is 0 Å². The summed E-state index contributed by atoms with van der Waals surface area (Å²) in [6.07, 6.45) is 12.8. The predicted octanol–water partition coefficient (Wildman–Crippen LogP) is 4.48. The first-order chi connectivity index (χ1) is 9.36. The molecule has 1 saturated carbocycles. The average molecular weight is 250 g/mol. The highest BCUT2D eigenvalue weighted by Crippen LogP contribution is 2.35. The third-order valence-electron chi connectivity index (χ3n) is 4.02. The summed E-state index contributed by atoms with van der Waals surface area (Å²) in [4.78, 5) is 12.7. The normalized spacial score (nSPS) is 22.0. The molecule has 0 spiro atoms. The van der Waals surface area contributed by atoms with Crippen molar-refractivity contribution in [2.75, 3.05) is 0 Å². The van der Waals surface area contributed by atoms with E-state index in [4.69, 9.17) is 0 Å². The van der Waals surface area contributed by atoms with Gasteiger partial charge in [-0.1, -0.05) is 66.6 Å². The number of carbonyl (C=O) groups is 1. The van der Waals surface area contributed by atoms with Gasteiger partial charge in [0.1, 0.15) is 0 Å². The Morgan fingerprint density at radius 1 is 1.00 bits per heavy atom. The lowest BCUT2D eigenvalue weighted by Gasteiger charge is -2.25. The molecule has 0 bridgehead atoms. The number of hydrogen-bond donors (Lipinski definition) is 0. The van der Waals surface area contributed by atoms with Gasteiger partial charge < -0.3 is 0 Å². The minimum absolute atomic E-state index is 0.0820. The second-order valence-corrected chi connectivity index (χ2v) is 5.23. The van der Waals surface area contributed by atoms with E-state index in [1.807, 2.05) is 30.3 Å². The second-order valence-electron chi connectivity index (χ2n) is 5.23. The molecule has 0 aliphatic heterocycles. The lowest BCUT2D eigenvalue weighted by Crippen LogP contribution is -2.21. The van der Waals surface area contributed by atoms with Crippen LogP contribution in [0.25, 0.3) is 0 Å². The van der Waals surface area contributed by atoms with Gasteiger partial charge in [-0.2, -0.15) is 0 Å². The van der Waals surface area contributed by atoms with Crippen LogP contribution in [0.2, 0.25) is 0 Å². The minimum atomic E-state index is 0.0820. The summed E-state index contributed by atoms with van der Waals surface area (Å²) in [5.74, 6) is 0.370. The fourth-order valence-corrected chi connectivity index (χ4v) is 3.04. The molecule has 1 nitrogen and oxygen atoms in total. The number of rotatable bonds is 2. The van der Waals surface area contributed by atoms with Gasteiger partial charge in [0.15, 0.2) is 5.78 Å². The Morgan fingerprint density at radius 3 is 2.47 bits per heavy atom. The molecule has 0 heterocycles. The van der Waals surface area contributed by atoms with E-state index >= 15 is 0 Å². The number of allylic oxidation sites excluding steroid dienone is 6. The van der Waals surface area contributed by atoms with E-state index < -0.39 is 0 Å². The van der Waals surface area contributed by atoms with E-state index in [1.54, 1.807) is 0 Å². The summed E-state index contributed by atoms with van der Waals surface area (Å²) in [5.41, 5.74) is 3.44. The van der Waals surface area contributed by atoms with Crippen LogP contribution in [0.15, 0.2) is 65.8 Å². The Kier molecular flexibility index (Phi) is 3.45. The third-order valence-corrected chi connectivity index (χ3v) is 4.02. The Morgan fingerprint density at radius 2 is 1.74 bits per heavy atom. The lowest BCUT2D eigenvalue weighted by molar-refractivity contribution is 0.0923. The molecule has 96 valence electrons. The SMILES string of the molecule is O=C(c1ccccc1)C1CCCCC1=C1C=CC=C1. The summed E-state index contributed by atoms with van der Waals surface area (Å²) in [6.45, 7) is 0. The quantitative estimate of drug-likeness (QED) is 0.707. The van der Waals surface area contributed by atoms with Crippen molar-refractivity contribution in [2.45, 2.75) is 25.7 Å². The number of hydrogen-bond acceptors (Lipinski definition) is 1. The van der Waals surface area contributed by atoms with Crippen LogP contribution < -0.4 is 0 Å². The lowest BCUT2D eigenvalue weighted by atomic mass is 9.77. The van der Waals surface area contributed by atoms with Crippen molar-refractivity contribution in [3.63, 3.8) is 0 Å². The van der Waals surface area contributed by atoms with Gasteiger partial charge in [0.25, 0.3) is 0 Å². The number of Topliss-reactive ketones (excluding diaryl/α,β-unsaturated/α-hetero) is 1. The second kappa shape index (κ2) is 5.40. The fourth-order valence-electron chi connectivity index (χ4n) is 3.04. The zero-order chi connectivity index (χ0) is 13.1. The summed E-state index contributed by atoms with van der Waals surface area (Å²) in [5, 5.41) is 0. The summed E-state index contributed by atoms with van der Waals surface area (Å²) >= 11 is 0. The van der Waals surface area contributed by atoms with Gasteiger partial charge in [-0.05, 0) is 24.8 Å². The Bertz CT molecular complexity index is 547. The molecule has 0 N–H and O–H groups in total. The molecule has 0 saturated heterocycles. The zero-order valence-electron chi connectivity index (χ0n) is 11.0. The van der Waals surface area contributed by atoms with Gasteiger partial charge in [-0.25, -0.2) is 0 Å². The molecule has 0 aromatic heterocycles. The summed E-state index contributed by atoms with van der Waals surface area (Å²) < 4.78 is 0. The van der Waals surface area contributed by atoms with Crippen LogP contribution in [0, 0.1) is 5.92 Å². The average Bonchev–Trinajstić information content (AvgIpc) is 3.01. The van der Waals surface area contributed by atoms with Crippen LogP contribution in [-0.2, 0) is 0 Å². The fraction of sp³-hybridized carbons (Fsp3) is 0.278. The molecule has 1 unspecified atom stereocenters.